The lowest BCUT2D eigenvalue weighted by Gasteiger charge is -2.37. The fraction of sp³-hybridized carbons (Fsp3) is 0.733. The lowest BCUT2D eigenvalue weighted by Crippen LogP contribution is -2.47. The quantitative estimate of drug-likeness (QED) is 0.776. The molecule has 0 amide bonds. The maximum atomic E-state index is 12.2. The molecule has 0 saturated heterocycles. The summed E-state index contributed by atoms with van der Waals surface area (Å²) in [7, 11) is 0. The molecule has 1 N–H and O–H groups in total. The Balaban J connectivity index is 2.47. The van der Waals surface area contributed by atoms with Gasteiger partial charge in [0.25, 0.3) is 0 Å². The highest BCUT2D eigenvalue weighted by Crippen LogP contribution is 2.55. The Hall–Kier alpha value is -0.960. The zero-order chi connectivity index (χ0) is 13.7. The first-order valence-corrected chi connectivity index (χ1v) is 6.67. The molecule has 3 unspecified atom stereocenters. The second-order valence-electron chi connectivity index (χ2n) is 6.51. The van der Waals surface area contributed by atoms with Crippen LogP contribution in [0.3, 0.4) is 0 Å². The molecule has 0 aliphatic heterocycles. The lowest BCUT2D eigenvalue weighted by atomic mass is 9.69. The van der Waals surface area contributed by atoms with Crippen molar-refractivity contribution in [1.29, 1.82) is 0 Å². The van der Waals surface area contributed by atoms with Crippen molar-refractivity contribution in [1.82, 2.24) is 0 Å². The Morgan fingerprint density at radius 1 is 1.33 bits per heavy atom. The van der Waals surface area contributed by atoms with Crippen LogP contribution in [-0.2, 0) is 9.59 Å². The molecule has 3 nitrogen and oxygen atoms in total. The monoisotopic (exact) mass is 250 g/mol. The van der Waals surface area contributed by atoms with Gasteiger partial charge < -0.3 is 5.11 Å². The van der Waals surface area contributed by atoms with Crippen molar-refractivity contribution in [3.05, 3.63) is 11.6 Å². The van der Waals surface area contributed by atoms with Gasteiger partial charge in [0.15, 0.2) is 11.6 Å². The van der Waals surface area contributed by atoms with Crippen LogP contribution in [0, 0.1) is 17.3 Å². The smallest absolute Gasteiger partial charge is 0.165 e. The fourth-order valence-electron chi connectivity index (χ4n) is 3.65. The first kappa shape index (κ1) is 13.5. The number of aliphatic hydroxyl groups is 1. The Morgan fingerprint density at radius 3 is 2.50 bits per heavy atom. The van der Waals surface area contributed by atoms with E-state index in [1.807, 2.05) is 33.8 Å². The molecule has 1 fully saturated rings. The van der Waals surface area contributed by atoms with E-state index in [2.05, 4.69) is 0 Å². The fourth-order valence-corrected chi connectivity index (χ4v) is 3.65. The van der Waals surface area contributed by atoms with Crippen LogP contribution in [-0.4, -0.2) is 22.3 Å². The van der Waals surface area contributed by atoms with E-state index in [0.717, 1.165) is 5.57 Å². The summed E-state index contributed by atoms with van der Waals surface area (Å²) in [6.45, 7) is 7.56. The van der Waals surface area contributed by atoms with Crippen molar-refractivity contribution >= 4 is 11.6 Å². The van der Waals surface area contributed by atoms with Crippen LogP contribution in [0.4, 0.5) is 0 Å². The highest BCUT2D eigenvalue weighted by molar-refractivity contribution is 5.98. The van der Waals surface area contributed by atoms with Crippen LogP contribution in [0.2, 0.25) is 0 Å². The van der Waals surface area contributed by atoms with E-state index < -0.39 is 5.60 Å². The Bertz CT molecular complexity index is 435. The van der Waals surface area contributed by atoms with Crippen molar-refractivity contribution < 1.29 is 14.7 Å². The molecule has 2 aliphatic carbocycles. The van der Waals surface area contributed by atoms with E-state index >= 15 is 0 Å². The van der Waals surface area contributed by atoms with Gasteiger partial charge >= 0.3 is 0 Å². The molecule has 3 heteroatoms. The molecule has 100 valence electrons. The second kappa shape index (κ2) is 4.02. The van der Waals surface area contributed by atoms with Gasteiger partial charge in [0.2, 0.25) is 0 Å². The van der Waals surface area contributed by atoms with Crippen LogP contribution >= 0.6 is 0 Å². The summed E-state index contributed by atoms with van der Waals surface area (Å²) in [4.78, 5) is 24.2. The number of Topliss-reactive ketones (excluding diaryl/α,β-unsaturated/α-hetero) is 2. The Morgan fingerprint density at radius 2 is 1.94 bits per heavy atom. The average Bonchev–Trinajstić information content (AvgIpc) is 2.36. The number of carbonyl (C=O) groups is 2. The Labute approximate surface area is 108 Å². The number of carbonyl (C=O) groups excluding carboxylic acids is 2. The number of fused-ring (bicyclic) bond motifs is 1. The minimum Gasteiger partial charge on any atom is -0.381 e. The third-order valence-corrected chi connectivity index (χ3v) is 4.93. The lowest BCUT2D eigenvalue weighted by molar-refractivity contribution is -0.143. The summed E-state index contributed by atoms with van der Waals surface area (Å²) >= 11 is 0. The van der Waals surface area contributed by atoms with E-state index in [9.17, 15) is 14.7 Å². The molecule has 0 aromatic carbocycles. The summed E-state index contributed by atoms with van der Waals surface area (Å²) in [6, 6.07) is 0. The molecule has 0 radical (unpaired) electrons. The molecule has 2 rings (SSSR count). The molecular formula is C15H22O3. The predicted octanol–water partition coefficient (Wildman–Crippen LogP) is 2.28. The maximum Gasteiger partial charge on any atom is 0.165 e. The molecule has 1 saturated carbocycles. The van der Waals surface area contributed by atoms with E-state index in [1.165, 1.54) is 0 Å². The topological polar surface area (TPSA) is 54.4 Å². The minimum atomic E-state index is -1.27. The number of hydrogen-bond acceptors (Lipinski definition) is 3. The predicted molar refractivity (Wildman–Crippen MR) is 69.0 cm³/mol. The number of ketones is 2. The molecule has 0 bridgehead atoms. The molecule has 2 aliphatic rings. The van der Waals surface area contributed by atoms with Gasteiger partial charge in [-0.2, -0.15) is 0 Å². The van der Waals surface area contributed by atoms with E-state index in [1.54, 1.807) is 0 Å². The maximum absolute atomic E-state index is 12.2. The normalized spacial score (nSPS) is 40.8. The summed E-state index contributed by atoms with van der Waals surface area (Å²) in [6.07, 6.45) is 3.21. The third-order valence-electron chi connectivity index (χ3n) is 4.93. The van der Waals surface area contributed by atoms with Crippen LogP contribution in [0.15, 0.2) is 11.6 Å². The molecule has 0 spiro atoms. The highest BCUT2D eigenvalue weighted by atomic mass is 16.3. The molecule has 0 aromatic rings. The summed E-state index contributed by atoms with van der Waals surface area (Å²) < 4.78 is 0. The molecule has 3 atom stereocenters. The SMILES string of the molecule is CC1=CCC2C(C)(CC1=O)CC(=O)C2(O)C(C)C. The van der Waals surface area contributed by atoms with Crippen molar-refractivity contribution in [3.63, 3.8) is 0 Å². The van der Waals surface area contributed by atoms with Gasteiger partial charge in [-0.15, -0.1) is 0 Å². The van der Waals surface area contributed by atoms with Gasteiger partial charge in [-0.25, -0.2) is 0 Å². The van der Waals surface area contributed by atoms with Crippen molar-refractivity contribution in [3.8, 4) is 0 Å². The Kier molecular flexibility index (Phi) is 3.01. The van der Waals surface area contributed by atoms with E-state index in [4.69, 9.17) is 0 Å². The van der Waals surface area contributed by atoms with Gasteiger partial charge in [0, 0.05) is 18.8 Å². The number of allylic oxidation sites excluding steroid dienone is 2. The van der Waals surface area contributed by atoms with E-state index in [0.29, 0.717) is 19.3 Å². The summed E-state index contributed by atoms with van der Waals surface area (Å²) in [5.41, 5.74) is -0.887. The van der Waals surface area contributed by atoms with Crippen molar-refractivity contribution in [2.24, 2.45) is 17.3 Å². The van der Waals surface area contributed by atoms with Gasteiger partial charge in [-0.1, -0.05) is 26.8 Å². The molecule has 0 aromatic heterocycles. The summed E-state index contributed by atoms with van der Waals surface area (Å²) in [5, 5.41) is 10.8. The minimum absolute atomic E-state index is 0.0919. The van der Waals surface area contributed by atoms with Gasteiger partial charge in [-0.05, 0) is 30.3 Å². The average molecular weight is 250 g/mol. The van der Waals surface area contributed by atoms with Crippen molar-refractivity contribution in [2.75, 3.05) is 0 Å². The molecular weight excluding hydrogens is 228 g/mol. The first-order valence-electron chi connectivity index (χ1n) is 6.67. The second-order valence-corrected chi connectivity index (χ2v) is 6.51. The molecule has 18 heavy (non-hydrogen) atoms. The first-order chi connectivity index (χ1) is 8.21. The highest BCUT2D eigenvalue weighted by Gasteiger charge is 2.61. The third kappa shape index (κ3) is 1.68. The summed E-state index contributed by atoms with van der Waals surface area (Å²) in [5.74, 6) is -0.232. The van der Waals surface area contributed by atoms with Gasteiger partial charge in [-0.3, -0.25) is 9.59 Å². The van der Waals surface area contributed by atoms with E-state index in [-0.39, 0.29) is 28.8 Å². The zero-order valence-corrected chi connectivity index (χ0v) is 11.6. The van der Waals surface area contributed by atoms with Crippen LogP contribution < -0.4 is 0 Å². The van der Waals surface area contributed by atoms with Crippen LogP contribution in [0.25, 0.3) is 0 Å². The van der Waals surface area contributed by atoms with Crippen LogP contribution in [0.1, 0.15) is 47.0 Å². The molecule has 0 heterocycles. The number of rotatable bonds is 1. The standard InChI is InChI=1S/C15H22O3/c1-9(2)15(18)12-6-5-10(3)11(16)7-14(12,4)8-13(15)17/h5,9,12,18H,6-8H2,1-4H3. The van der Waals surface area contributed by atoms with Crippen molar-refractivity contribution in [2.45, 2.75) is 52.6 Å². The number of hydrogen-bond donors (Lipinski definition) is 1. The largest absolute Gasteiger partial charge is 0.381 e. The van der Waals surface area contributed by atoms with Gasteiger partial charge in [0.1, 0.15) is 5.60 Å². The van der Waals surface area contributed by atoms with Gasteiger partial charge in [0.05, 0.1) is 0 Å². The zero-order valence-electron chi connectivity index (χ0n) is 11.6. The van der Waals surface area contributed by atoms with Crippen LogP contribution in [0.5, 0.6) is 0 Å².